The number of pyridine rings is 1. The molecule has 0 bridgehead atoms. The Morgan fingerprint density at radius 3 is 2.74 bits per heavy atom. The molecule has 1 unspecified atom stereocenters. The fraction of sp³-hybridized carbons (Fsp3) is 0.348. The van der Waals surface area contributed by atoms with Gasteiger partial charge < -0.3 is 15.0 Å². The first-order valence-corrected chi connectivity index (χ1v) is 11.0. The predicted molar refractivity (Wildman–Crippen MR) is 121 cm³/mol. The van der Waals surface area contributed by atoms with Crippen molar-refractivity contribution in [3.63, 3.8) is 0 Å². The third-order valence-electron chi connectivity index (χ3n) is 5.30. The zero-order valence-electron chi connectivity index (χ0n) is 18.8. The van der Waals surface area contributed by atoms with Crippen LogP contribution in [0.4, 0.5) is 40.7 Å². The minimum atomic E-state index is -4.42. The van der Waals surface area contributed by atoms with Crippen LogP contribution in [-0.4, -0.2) is 40.8 Å². The molecule has 1 atom stereocenters. The average molecular weight is 489 g/mol. The molecule has 184 valence electrons. The number of nitrogens with one attached hydrogen (secondary N) is 1. The monoisotopic (exact) mass is 489 g/mol. The number of anilines is 3. The van der Waals surface area contributed by atoms with Gasteiger partial charge in [0.25, 0.3) is 5.95 Å². The van der Waals surface area contributed by atoms with E-state index in [-0.39, 0.29) is 24.4 Å². The van der Waals surface area contributed by atoms with E-state index in [4.69, 9.17) is 4.74 Å². The number of alkyl halides is 3. The molecule has 0 aliphatic carbocycles. The molecular weight excluding hydrogens is 466 g/mol. The summed E-state index contributed by atoms with van der Waals surface area (Å²) in [5, 5.41) is 10.9. The molecule has 0 radical (unpaired) electrons. The Bertz CT molecular complexity index is 1170. The Kier molecular flexibility index (Phi) is 7.49. The van der Waals surface area contributed by atoms with Gasteiger partial charge in [-0.1, -0.05) is 13.0 Å². The standard InChI is InChI=1S/C23H23F4N7O/c1-2-19-14-34(8-9-35-19)21-20(24)13-29-22(32-21)33-30-12-17-6-7-18(11-28-17)31-16-5-3-4-15(10-16)23(25,26)27/h3-7,10-11,13,19,31H,2,8-9,12,14H2,1H3. The summed E-state index contributed by atoms with van der Waals surface area (Å²) in [6.45, 7) is 3.67. The van der Waals surface area contributed by atoms with E-state index in [1.54, 1.807) is 12.1 Å². The number of benzene rings is 1. The molecule has 12 heteroatoms. The van der Waals surface area contributed by atoms with Gasteiger partial charge in [0, 0.05) is 18.8 Å². The van der Waals surface area contributed by atoms with Crippen LogP contribution >= 0.6 is 0 Å². The van der Waals surface area contributed by atoms with E-state index >= 15 is 0 Å². The number of hydrogen-bond donors (Lipinski definition) is 1. The van der Waals surface area contributed by atoms with Gasteiger partial charge in [-0.05, 0) is 36.8 Å². The van der Waals surface area contributed by atoms with Gasteiger partial charge in [0.15, 0.2) is 11.6 Å². The first kappa shape index (κ1) is 24.5. The highest BCUT2D eigenvalue weighted by atomic mass is 19.4. The SMILES string of the molecule is CCC1CN(c2nc(N=NCc3ccc(Nc4cccc(C(F)(F)F)c4)cn3)ncc2F)CCO1. The average Bonchev–Trinajstić information content (AvgIpc) is 2.86. The maximum absolute atomic E-state index is 14.3. The van der Waals surface area contributed by atoms with Gasteiger partial charge in [-0.15, -0.1) is 5.11 Å². The smallest absolute Gasteiger partial charge is 0.375 e. The van der Waals surface area contributed by atoms with Crippen LogP contribution in [0.1, 0.15) is 24.6 Å². The highest BCUT2D eigenvalue weighted by Gasteiger charge is 2.30. The molecule has 1 aromatic carbocycles. The lowest BCUT2D eigenvalue weighted by atomic mass is 10.2. The largest absolute Gasteiger partial charge is 0.416 e. The first-order chi connectivity index (χ1) is 16.8. The lowest BCUT2D eigenvalue weighted by Gasteiger charge is -2.33. The Hall–Kier alpha value is -3.67. The number of morpholine rings is 1. The highest BCUT2D eigenvalue weighted by molar-refractivity contribution is 5.59. The second-order valence-corrected chi connectivity index (χ2v) is 7.83. The van der Waals surface area contributed by atoms with Gasteiger partial charge in [0.1, 0.15) is 6.54 Å². The first-order valence-electron chi connectivity index (χ1n) is 11.0. The third kappa shape index (κ3) is 6.47. The molecule has 1 saturated heterocycles. The number of aromatic nitrogens is 3. The van der Waals surface area contributed by atoms with Crippen LogP contribution in [0.2, 0.25) is 0 Å². The van der Waals surface area contributed by atoms with E-state index in [0.29, 0.717) is 36.8 Å². The van der Waals surface area contributed by atoms with Gasteiger partial charge in [0.2, 0.25) is 0 Å². The van der Waals surface area contributed by atoms with Crippen molar-refractivity contribution in [2.75, 3.05) is 29.9 Å². The van der Waals surface area contributed by atoms with Gasteiger partial charge >= 0.3 is 6.18 Å². The van der Waals surface area contributed by atoms with Crippen molar-refractivity contribution in [1.82, 2.24) is 15.0 Å². The van der Waals surface area contributed by atoms with Gasteiger partial charge in [-0.25, -0.2) is 9.37 Å². The lowest BCUT2D eigenvalue weighted by molar-refractivity contribution is -0.137. The maximum atomic E-state index is 14.3. The zero-order valence-corrected chi connectivity index (χ0v) is 18.8. The second-order valence-electron chi connectivity index (χ2n) is 7.83. The van der Waals surface area contributed by atoms with Crippen LogP contribution in [0, 0.1) is 5.82 Å². The van der Waals surface area contributed by atoms with Crippen molar-refractivity contribution in [2.45, 2.75) is 32.2 Å². The Morgan fingerprint density at radius 2 is 2.00 bits per heavy atom. The highest BCUT2D eigenvalue weighted by Crippen LogP contribution is 2.31. The molecule has 8 nitrogen and oxygen atoms in total. The predicted octanol–water partition coefficient (Wildman–Crippen LogP) is 5.67. The summed E-state index contributed by atoms with van der Waals surface area (Å²) in [4.78, 5) is 14.1. The Labute approximate surface area is 199 Å². The molecule has 0 saturated carbocycles. The summed E-state index contributed by atoms with van der Waals surface area (Å²) >= 11 is 0. The number of nitrogens with zero attached hydrogens (tertiary/aromatic N) is 6. The summed E-state index contributed by atoms with van der Waals surface area (Å²) in [6, 6.07) is 8.25. The normalized spacial score (nSPS) is 16.6. The molecule has 1 N–H and O–H groups in total. The van der Waals surface area contributed by atoms with Gasteiger partial charge in [0.05, 0.1) is 42.0 Å². The topological polar surface area (TPSA) is 87.9 Å². The quantitative estimate of drug-likeness (QED) is 0.340. The summed E-state index contributed by atoms with van der Waals surface area (Å²) in [5.41, 5.74) is 0.651. The number of halogens is 4. The maximum Gasteiger partial charge on any atom is 0.416 e. The van der Waals surface area contributed by atoms with Crippen molar-refractivity contribution in [2.24, 2.45) is 10.2 Å². The molecule has 35 heavy (non-hydrogen) atoms. The van der Waals surface area contributed by atoms with E-state index in [2.05, 4.69) is 30.5 Å². The van der Waals surface area contributed by atoms with E-state index < -0.39 is 17.6 Å². The number of azo groups is 1. The molecule has 1 aliphatic heterocycles. The van der Waals surface area contributed by atoms with Gasteiger partial charge in [-0.2, -0.15) is 23.3 Å². The third-order valence-corrected chi connectivity index (χ3v) is 5.30. The molecule has 2 aromatic heterocycles. The van der Waals surface area contributed by atoms with Crippen molar-refractivity contribution in [3.05, 3.63) is 65.9 Å². The summed E-state index contributed by atoms with van der Waals surface area (Å²) < 4.78 is 58.5. The molecule has 3 aromatic rings. The van der Waals surface area contributed by atoms with E-state index in [0.717, 1.165) is 24.8 Å². The minimum absolute atomic E-state index is 0.0142. The van der Waals surface area contributed by atoms with E-state index in [1.165, 1.54) is 18.3 Å². The number of hydrogen-bond acceptors (Lipinski definition) is 8. The van der Waals surface area contributed by atoms with Crippen LogP contribution < -0.4 is 10.2 Å². The van der Waals surface area contributed by atoms with Crippen LogP contribution in [0.25, 0.3) is 0 Å². The van der Waals surface area contributed by atoms with Crippen molar-refractivity contribution in [3.8, 4) is 0 Å². The van der Waals surface area contributed by atoms with Crippen molar-refractivity contribution in [1.29, 1.82) is 0 Å². The zero-order chi connectivity index (χ0) is 24.8. The Morgan fingerprint density at radius 1 is 1.14 bits per heavy atom. The fourth-order valence-corrected chi connectivity index (χ4v) is 3.48. The molecule has 3 heterocycles. The van der Waals surface area contributed by atoms with Crippen LogP contribution in [-0.2, 0) is 17.5 Å². The molecule has 1 fully saturated rings. The fourth-order valence-electron chi connectivity index (χ4n) is 3.48. The van der Waals surface area contributed by atoms with Crippen LogP contribution in [0.3, 0.4) is 0 Å². The molecular formula is C23H23F4N7O. The second kappa shape index (κ2) is 10.7. The van der Waals surface area contributed by atoms with Crippen LogP contribution in [0.15, 0.2) is 59.0 Å². The van der Waals surface area contributed by atoms with Crippen molar-refractivity contribution >= 4 is 23.1 Å². The van der Waals surface area contributed by atoms with Crippen LogP contribution in [0.5, 0.6) is 0 Å². The minimum Gasteiger partial charge on any atom is -0.375 e. The van der Waals surface area contributed by atoms with Crippen molar-refractivity contribution < 1.29 is 22.3 Å². The van der Waals surface area contributed by atoms with E-state index in [1.807, 2.05) is 11.8 Å². The summed E-state index contributed by atoms with van der Waals surface area (Å²) in [6.07, 6.45) is -1.03. The molecule has 0 spiro atoms. The van der Waals surface area contributed by atoms with Gasteiger partial charge in [-0.3, -0.25) is 4.98 Å². The summed E-state index contributed by atoms with van der Waals surface area (Å²) in [5.74, 6) is -0.339. The Balaban J connectivity index is 1.37. The summed E-state index contributed by atoms with van der Waals surface area (Å²) in [7, 11) is 0. The molecule has 4 rings (SSSR count). The number of rotatable bonds is 7. The van der Waals surface area contributed by atoms with E-state index in [9.17, 15) is 17.6 Å². The molecule has 0 amide bonds. The number of ether oxygens (including phenoxy) is 1. The molecule has 1 aliphatic rings. The lowest BCUT2D eigenvalue weighted by Crippen LogP contribution is -2.43.